The van der Waals surface area contributed by atoms with Gasteiger partial charge in [-0.15, -0.1) is 6.92 Å². The van der Waals surface area contributed by atoms with E-state index in [1.807, 2.05) is 6.07 Å². The Labute approximate surface area is 93.4 Å². The van der Waals surface area contributed by atoms with Crippen molar-refractivity contribution in [2.45, 2.75) is 13.8 Å². The van der Waals surface area contributed by atoms with Crippen LogP contribution in [0.15, 0.2) is 23.8 Å². The Morgan fingerprint density at radius 2 is 2.09 bits per heavy atom. The van der Waals surface area contributed by atoms with Gasteiger partial charge in [0.05, 0.1) is 0 Å². The van der Waals surface area contributed by atoms with Crippen LogP contribution in [0.5, 0.6) is 0 Å². The fourth-order valence-corrected chi connectivity index (χ4v) is 0.337. The Kier molecular flexibility index (Phi) is 12.0. The molecule has 1 radical (unpaired) electrons. The van der Waals surface area contributed by atoms with Gasteiger partial charge in [-0.1, -0.05) is 12.5 Å². The Morgan fingerprint density at radius 1 is 1.45 bits per heavy atom. The van der Waals surface area contributed by atoms with Gasteiger partial charge in [-0.3, -0.25) is 6.08 Å². The molecule has 0 aliphatic carbocycles. The predicted octanol–water partition coefficient (Wildman–Crippen LogP) is 2.19. The Hall–Kier alpha value is -0.186. The normalized spacial score (nSPS) is 11.5. The summed E-state index contributed by atoms with van der Waals surface area (Å²) in [5.74, 6) is 0. The molecule has 0 heterocycles. The fraction of sp³-hybridized carbons (Fsp3) is 0.222. The molecule has 0 aromatic carbocycles. The first kappa shape index (κ1) is 13.4. The predicted molar refractivity (Wildman–Crippen MR) is 40.7 cm³/mol. The van der Waals surface area contributed by atoms with Gasteiger partial charge in [0.15, 0.2) is 0 Å². The summed E-state index contributed by atoms with van der Waals surface area (Å²) in [6.45, 7) is 3.54. The van der Waals surface area contributed by atoms with Gasteiger partial charge in [0, 0.05) is 38.8 Å². The smallest absolute Gasteiger partial charge is 0.0273 e. The van der Waals surface area contributed by atoms with Gasteiger partial charge >= 0.3 is 0 Å². The molecule has 11 heavy (non-hydrogen) atoms. The van der Waals surface area contributed by atoms with Crippen molar-refractivity contribution >= 4 is 0 Å². The van der Waals surface area contributed by atoms with E-state index in [0.29, 0.717) is 5.57 Å². The van der Waals surface area contributed by atoms with E-state index in [0.717, 1.165) is 0 Å². The van der Waals surface area contributed by atoms with Crippen LogP contribution in [-0.4, -0.2) is 0 Å². The second-order valence-electron chi connectivity index (χ2n) is 1.73. The van der Waals surface area contributed by atoms with Gasteiger partial charge in [-0.25, -0.2) is 5.26 Å². The first-order valence-corrected chi connectivity index (χ1v) is 2.96. The number of rotatable bonds is 2. The second kappa shape index (κ2) is 9.81. The van der Waals surface area contributed by atoms with Gasteiger partial charge in [-0.2, -0.15) is 6.08 Å². The quantitative estimate of drug-likeness (QED) is 0.397. The molecule has 2 heteroatoms. The monoisotopic (exact) mass is 220 g/mol. The molecule has 0 aromatic rings. The SMILES string of the molecule is C[C-]=CC=[C-]/C=C(/C)C#N.[Y]. The maximum absolute atomic E-state index is 8.29. The molecule has 0 saturated carbocycles. The Balaban J connectivity index is 0. The van der Waals surface area contributed by atoms with E-state index in [2.05, 4.69) is 12.2 Å². The first-order chi connectivity index (χ1) is 4.81. The molecular formula is C9H9NY-2. The third-order valence-electron chi connectivity index (χ3n) is 0.822. The Morgan fingerprint density at radius 3 is 2.55 bits per heavy atom. The molecule has 1 nitrogen and oxygen atoms in total. The molecule has 0 fully saturated rings. The number of nitriles is 1. The minimum Gasteiger partial charge on any atom is -0.346 e. The second-order valence-corrected chi connectivity index (χ2v) is 1.73. The number of hydrogen-bond donors (Lipinski definition) is 0. The maximum atomic E-state index is 8.29. The third-order valence-corrected chi connectivity index (χ3v) is 0.822. The average Bonchev–Trinajstić information content (AvgIpc) is 1.98. The molecule has 0 N–H and O–H groups in total. The zero-order valence-corrected chi connectivity index (χ0v) is 9.59. The molecule has 0 bridgehead atoms. The molecular weight excluding hydrogens is 211 g/mol. The number of hydrogen-bond acceptors (Lipinski definition) is 1. The van der Waals surface area contributed by atoms with E-state index in [9.17, 15) is 0 Å². The topological polar surface area (TPSA) is 23.8 Å². The molecule has 55 valence electrons. The maximum Gasteiger partial charge on any atom is 0.0273 e. The largest absolute Gasteiger partial charge is 0.346 e. The fourth-order valence-electron chi connectivity index (χ4n) is 0.337. The van der Waals surface area contributed by atoms with Crippen molar-refractivity contribution in [3.05, 3.63) is 36.0 Å². The summed E-state index contributed by atoms with van der Waals surface area (Å²) in [6.07, 6.45) is 10.7. The zero-order chi connectivity index (χ0) is 7.82. The van der Waals surface area contributed by atoms with Gasteiger partial charge in [0.1, 0.15) is 0 Å². The number of allylic oxidation sites excluding steroid dienone is 6. The van der Waals surface area contributed by atoms with Gasteiger partial charge < -0.3 is 18.2 Å². The van der Waals surface area contributed by atoms with Crippen LogP contribution < -0.4 is 0 Å². The molecule has 0 aliphatic rings. The van der Waals surface area contributed by atoms with Crippen molar-refractivity contribution in [1.29, 1.82) is 5.26 Å². The summed E-state index contributed by atoms with van der Waals surface area (Å²) in [5, 5.41) is 8.29. The van der Waals surface area contributed by atoms with Crippen molar-refractivity contribution in [2.75, 3.05) is 0 Å². The van der Waals surface area contributed by atoms with Crippen LogP contribution in [0.2, 0.25) is 0 Å². The molecule has 0 saturated heterocycles. The van der Waals surface area contributed by atoms with Gasteiger partial charge in [0.25, 0.3) is 0 Å². The molecule has 0 unspecified atom stereocenters. The summed E-state index contributed by atoms with van der Waals surface area (Å²) in [4.78, 5) is 0. The van der Waals surface area contributed by atoms with Crippen molar-refractivity contribution in [3.63, 3.8) is 0 Å². The standard InChI is InChI=1S/C9H9N.Y/c1-3-4-5-6-7-9(2)8-10;/h4-5,7H,1-2H3;/q-2;/b9-7-;. The van der Waals surface area contributed by atoms with E-state index in [1.54, 1.807) is 32.1 Å². The summed E-state index contributed by atoms with van der Waals surface area (Å²) in [7, 11) is 0. The Bertz CT molecular complexity index is 206. The van der Waals surface area contributed by atoms with Crippen molar-refractivity contribution in [2.24, 2.45) is 0 Å². The van der Waals surface area contributed by atoms with E-state index in [-0.39, 0.29) is 32.7 Å². The summed E-state index contributed by atoms with van der Waals surface area (Å²) >= 11 is 0. The van der Waals surface area contributed by atoms with Crippen LogP contribution in [0.4, 0.5) is 0 Å². The third kappa shape index (κ3) is 9.81. The van der Waals surface area contributed by atoms with Crippen LogP contribution in [-0.2, 0) is 32.7 Å². The van der Waals surface area contributed by atoms with Crippen LogP contribution in [0, 0.1) is 23.5 Å². The van der Waals surface area contributed by atoms with Gasteiger partial charge in [-0.05, 0) is 0 Å². The summed E-state index contributed by atoms with van der Waals surface area (Å²) < 4.78 is 0. The van der Waals surface area contributed by atoms with Crippen LogP contribution in [0.25, 0.3) is 0 Å². The van der Waals surface area contributed by atoms with Crippen LogP contribution in [0.1, 0.15) is 13.8 Å². The molecule has 0 rings (SSSR count). The minimum atomic E-state index is 0. The average molecular weight is 220 g/mol. The van der Waals surface area contributed by atoms with Crippen molar-refractivity contribution in [3.8, 4) is 6.07 Å². The summed E-state index contributed by atoms with van der Waals surface area (Å²) in [5.41, 5.74) is 0.653. The number of nitrogens with zero attached hydrogens (tertiary/aromatic N) is 1. The van der Waals surface area contributed by atoms with Crippen LogP contribution >= 0.6 is 0 Å². The summed E-state index contributed by atoms with van der Waals surface area (Å²) in [6, 6.07) is 1.99. The molecule has 0 amide bonds. The van der Waals surface area contributed by atoms with Crippen molar-refractivity contribution < 1.29 is 32.7 Å². The molecule has 0 atom stereocenters. The molecule has 0 aliphatic heterocycles. The molecule has 0 spiro atoms. The van der Waals surface area contributed by atoms with Crippen molar-refractivity contribution in [1.82, 2.24) is 0 Å². The van der Waals surface area contributed by atoms with E-state index in [4.69, 9.17) is 5.26 Å². The molecule has 0 aromatic heterocycles. The zero-order valence-electron chi connectivity index (χ0n) is 6.76. The first-order valence-electron chi connectivity index (χ1n) is 2.96. The van der Waals surface area contributed by atoms with Crippen LogP contribution in [0.3, 0.4) is 0 Å². The minimum absolute atomic E-state index is 0. The van der Waals surface area contributed by atoms with E-state index >= 15 is 0 Å². The van der Waals surface area contributed by atoms with E-state index in [1.165, 1.54) is 0 Å². The van der Waals surface area contributed by atoms with Gasteiger partial charge in [0.2, 0.25) is 0 Å². The van der Waals surface area contributed by atoms with E-state index < -0.39 is 0 Å².